The molecular weight excluding hydrogens is 355 g/mol. The van der Waals surface area contributed by atoms with E-state index in [1.807, 2.05) is 11.1 Å². The number of benzene rings is 2. The number of halogens is 1. The first-order valence-corrected chi connectivity index (χ1v) is 9.39. The maximum absolute atomic E-state index is 13.7. The Balaban J connectivity index is 1.57. The average molecular weight is 374 g/mol. The summed E-state index contributed by atoms with van der Waals surface area (Å²) in [6, 6.07) is 11.2. The van der Waals surface area contributed by atoms with Crippen molar-refractivity contribution in [1.29, 1.82) is 0 Å². The number of nitrogens with zero attached hydrogens (tertiary/aromatic N) is 2. The van der Waals surface area contributed by atoms with Crippen LogP contribution in [0.2, 0.25) is 0 Å². The van der Waals surface area contributed by atoms with Crippen LogP contribution in [0.25, 0.3) is 22.3 Å². The molecule has 1 amide bonds. The number of amides is 1. The van der Waals surface area contributed by atoms with Gasteiger partial charge in [0.05, 0.1) is 12.8 Å². The molecule has 2 aliphatic heterocycles. The first-order chi connectivity index (χ1) is 13.6. The molecule has 3 heterocycles. The van der Waals surface area contributed by atoms with Gasteiger partial charge in [-0.1, -0.05) is 6.07 Å². The van der Waals surface area contributed by atoms with E-state index in [-0.39, 0.29) is 17.5 Å². The molecule has 0 saturated carbocycles. The van der Waals surface area contributed by atoms with Crippen molar-refractivity contribution >= 4 is 11.6 Å². The lowest BCUT2D eigenvalue weighted by molar-refractivity contribution is -0.118. The van der Waals surface area contributed by atoms with Gasteiger partial charge in [-0.3, -0.25) is 9.78 Å². The van der Waals surface area contributed by atoms with E-state index in [1.54, 1.807) is 18.3 Å². The maximum Gasteiger partial charge on any atom is 0.227 e. The van der Waals surface area contributed by atoms with Crippen LogP contribution in [0.4, 0.5) is 10.1 Å². The van der Waals surface area contributed by atoms with Crippen molar-refractivity contribution in [1.82, 2.24) is 4.98 Å². The van der Waals surface area contributed by atoms with Crippen LogP contribution < -0.4 is 9.64 Å². The molecule has 0 atom stereocenters. The second-order valence-corrected chi connectivity index (χ2v) is 7.25. The van der Waals surface area contributed by atoms with Crippen LogP contribution in [-0.2, 0) is 17.6 Å². The van der Waals surface area contributed by atoms with E-state index in [1.165, 1.54) is 24.3 Å². The van der Waals surface area contributed by atoms with Crippen molar-refractivity contribution in [2.45, 2.75) is 19.3 Å². The van der Waals surface area contributed by atoms with Crippen LogP contribution in [0.15, 0.2) is 48.8 Å². The molecule has 3 aromatic rings. The Labute approximate surface area is 162 Å². The van der Waals surface area contributed by atoms with Gasteiger partial charge in [-0.2, -0.15) is 0 Å². The second-order valence-electron chi connectivity index (χ2n) is 7.25. The summed E-state index contributed by atoms with van der Waals surface area (Å²) in [5.74, 6) is 0.0646. The Morgan fingerprint density at radius 3 is 2.46 bits per heavy atom. The van der Waals surface area contributed by atoms with Crippen molar-refractivity contribution in [2.75, 3.05) is 18.6 Å². The maximum atomic E-state index is 13.7. The number of carbonyl (C=O) groups excluding carboxylic acids is 1. The van der Waals surface area contributed by atoms with Gasteiger partial charge in [0.15, 0.2) is 11.6 Å². The topological polar surface area (TPSA) is 42.4 Å². The predicted molar refractivity (Wildman–Crippen MR) is 106 cm³/mol. The third-order valence-corrected chi connectivity index (χ3v) is 5.61. The summed E-state index contributed by atoms with van der Waals surface area (Å²) >= 11 is 0. The first kappa shape index (κ1) is 16.9. The van der Waals surface area contributed by atoms with Crippen LogP contribution in [0.5, 0.6) is 5.75 Å². The molecule has 0 radical (unpaired) electrons. The molecule has 5 heteroatoms. The molecule has 140 valence electrons. The Morgan fingerprint density at radius 2 is 1.68 bits per heavy atom. The van der Waals surface area contributed by atoms with Crippen LogP contribution >= 0.6 is 0 Å². The number of methoxy groups -OCH3 is 1. The molecule has 0 fully saturated rings. The smallest absolute Gasteiger partial charge is 0.227 e. The fraction of sp³-hybridized carbons (Fsp3) is 0.217. The summed E-state index contributed by atoms with van der Waals surface area (Å²) < 4.78 is 18.8. The lowest BCUT2D eigenvalue weighted by Gasteiger charge is -2.25. The van der Waals surface area contributed by atoms with Crippen molar-refractivity contribution in [2.24, 2.45) is 0 Å². The quantitative estimate of drug-likeness (QED) is 0.682. The monoisotopic (exact) mass is 374 g/mol. The Kier molecular flexibility index (Phi) is 3.90. The van der Waals surface area contributed by atoms with E-state index < -0.39 is 0 Å². The Bertz CT molecular complexity index is 1110. The Morgan fingerprint density at radius 1 is 0.929 bits per heavy atom. The van der Waals surface area contributed by atoms with Crippen molar-refractivity contribution in [3.05, 3.63) is 65.7 Å². The first-order valence-electron chi connectivity index (χ1n) is 9.39. The van der Waals surface area contributed by atoms with E-state index in [2.05, 4.69) is 23.2 Å². The van der Waals surface area contributed by atoms with Gasteiger partial charge in [0.1, 0.15) is 0 Å². The van der Waals surface area contributed by atoms with Crippen molar-refractivity contribution in [3.63, 3.8) is 0 Å². The van der Waals surface area contributed by atoms with E-state index in [9.17, 15) is 9.18 Å². The van der Waals surface area contributed by atoms with Crippen LogP contribution in [0.1, 0.15) is 17.5 Å². The minimum atomic E-state index is -0.382. The highest BCUT2D eigenvalue weighted by molar-refractivity contribution is 5.99. The van der Waals surface area contributed by atoms with Crippen LogP contribution in [-0.4, -0.2) is 24.5 Å². The largest absolute Gasteiger partial charge is 0.494 e. The second kappa shape index (κ2) is 6.44. The SMILES string of the molecule is COc1cc(-c2cncc(-c3cc4c5c(c3)CCN5C(=O)CC4)c2)ccc1F. The highest BCUT2D eigenvalue weighted by atomic mass is 19.1. The highest BCUT2D eigenvalue weighted by Gasteiger charge is 2.31. The number of rotatable bonds is 3. The molecule has 2 aromatic carbocycles. The minimum Gasteiger partial charge on any atom is -0.494 e. The zero-order chi connectivity index (χ0) is 19.3. The Hall–Kier alpha value is -3.21. The lowest BCUT2D eigenvalue weighted by atomic mass is 9.93. The molecule has 0 saturated heterocycles. The van der Waals surface area contributed by atoms with E-state index in [4.69, 9.17) is 4.74 Å². The normalized spacial score (nSPS) is 14.9. The molecule has 28 heavy (non-hydrogen) atoms. The number of hydrogen-bond acceptors (Lipinski definition) is 3. The molecule has 0 aliphatic carbocycles. The van der Waals surface area contributed by atoms with Crippen molar-refractivity contribution < 1.29 is 13.9 Å². The zero-order valence-electron chi connectivity index (χ0n) is 15.5. The molecule has 4 nitrogen and oxygen atoms in total. The lowest BCUT2D eigenvalue weighted by Crippen LogP contribution is -2.32. The fourth-order valence-corrected chi connectivity index (χ4v) is 4.22. The number of carbonyl (C=O) groups is 1. The van der Waals surface area contributed by atoms with Gasteiger partial charge < -0.3 is 9.64 Å². The van der Waals surface area contributed by atoms with Gasteiger partial charge in [-0.25, -0.2) is 4.39 Å². The molecular formula is C23H19FN2O2. The minimum absolute atomic E-state index is 0.217. The third-order valence-electron chi connectivity index (χ3n) is 5.61. The summed E-state index contributed by atoms with van der Waals surface area (Å²) in [5, 5.41) is 0. The summed E-state index contributed by atoms with van der Waals surface area (Å²) in [6.45, 7) is 0.776. The van der Waals surface area contributed by atoms with Crippen LogP contribution in [0.3, 0.4) is 0 Å². The number of aromatic nitrogens is 1. The number of pyridine rings is 1. The highest BCUT2D eigenvalue weighted by Crippen LogP contribution is 2.40. The van der Waals surface area contributed by atoms with Crippen LogP contribution in [0, 0.1) is 5.82 Å². The van der Waals surface area contributed by atoms with E-state index in [0.717, 1.165) is 47.3 Å². The fourth-order valence-electron chi connectivity index (χ4n) is 4.22. The molecule has 0 unspecified atom stereocenters. The summed E-state index contributed by atoms with van der Waals surface area (Å²) in [7, 11) is 1.46. The molecule has 0 N–H and O–H groups in total. The number of aryl methyl sites for hydroxylation is 1. The predicted octanol–water partition coefficient (Wildman–Crippen LogP) is 4.40. The zero-order valence-corrected chi connectivity index (χ0v) is 15.5. The molecule has 0 spiro atoms. The number of hydrogen-bond donors (Lipinski definition) is 0. The molecule has 2 aliphatic rings. The number of anilines is 1. The molecule has 1 aromatic heterocycles. The molecule has 5 rings (SSSR count). The van der Waals surface area contributed by atoms with Gasteiger partial charge in [0.25, 0.3) is 0 Å². The van der Waals surface area contributed by atoms with Gasteiger partial charge in [0, 0.05) is 36.5 Å². The summed E-state index contributed by atoms with van der Waals surface area (Å²) in [6.07, 6.45) is 5.87. The van der Waals surface area contributed by atoms with E-state index >= 15 is 0 Å². The van der Waals surface area contributed by atoms with Gasteiger partial charge in [0.2, 0.25) is 5.91 Å². The standard InChI is InChI=1S/C23H19FN2O2/c1-28-21-11-14(2-4-20(21)24)18-10-19(13-25-12-18)17-8-15-3-5-22(27)26-7-6-16(9-17)23(15)26/h2,4,8-13H,3,5-7H2,1H3. The average Bonchev–Trinajstić information content (AvgIpc) is 3.16. The summed E-state index contributed by atoms with van der Waals surface area (Å²) in [4.78, 5) is 18.5. The van der Waals surface area contributed by atoms with E-state index in [0.29, 0.717) is 6.42 Å². The van der Waals surface area contributed by atoms with Gasteiger partial charge in [-0.15, -0.1) is 0 Å². The van der Waals surface area contributed by atoms with Crippen molar-refractivity contribution in [3.8, 4) is 28.0 Å². The summed E-state index contributed by atoms with van der Waals surface area (Å²) in [5.41, 5.74) is 7.46. The van der Waals surface area contributed by atoms with Gasteiger partial charge >= 0.3 is 0 Å². The molecule has 0 bridgehead atoms. The third kappa shape index (κ3) is 2.66. The number of ether oxygens (including phenoxy) is 1. The van der Waals surface area contributed by atoms with Gasteiger partial charge in [-0.05, 0) is 65.4 Å².